The van der Waals surface area contributed by atoms with Crippen molar-refractivity contribution in [1.82, 2.24) is 14.7 Å². The average Bonchev–Trinajstić information content (AvgIpc) is 3.25. The molecule has 2 aromatic heterocycles. The molecule has 2 heterocycles. The summed E-state index contributed by atoms with van der Waals surface area (Å²) >= 11 is 5.97. The number of carbonyl (C=O) groups is 1. The molecule has 0 aliphatic rings. The van der Waals surface area contributed by atoms with Gasteiger partial charge in [0.1, 0.15) is 6.26 Å². The Balaban J connectivity index is 1.64. The molecule has 7 heteroatoms. The highest BCUT2D eigenvalue weighted by Gasteiger charge is 2.14. The van der Waals surface area contributed by atoms with Crippen molar-refractivity contribution in [3.63, 3.8) is 0 Å². The molecule has 0 radical (unpaired) electrons. The predicted molar refractivity (Wildman–Crippen MR) is 99.1 cm³/mol. The normalized spacial score (nSPS) is 11.0. The van der Waals surface area contributed by atoms with Gasteiger partial charge in [0.05, 0.1) is 29.7 Å². The summed E-state index contributed by atoms with van der Waals surface area (Å²) in [6, 6.07) is 17.0. The Labute approximate surface area is 154 Å². The molecular formula is C19H15ClN4O2. The lowest BCUT2D eigenvalue weighted by Crippen LogP contribution is -2.18. The van der Waals surface area contributed by atoms with Crippen LogP contribution in [0.1, 0.15) is 11.3 Å². The molecule has 0 saturated heterocycles. The molecule has 1 amide bonds. The molecule has 0 atom stereocenters. The zero-order valence-corrected chi connectivity index (χ0v) is 14.5. The Morgan fingerprint density at radius 2 is 1.92 bits per heavy atom. The topological polar surface area (TPSA) is 73.0 Å². The zero-order valence-electron chi connectivity index (χ0n) is 13.7. The number of hydrogen-bond donors (Lipinski definition) is 1. The van der Waals surface area contributed by atoms with Crippen LogP contribution in [0.15, 0.2) is 65.4 Å². The summed E-state index contributed by atoms with van der Waals surface area (Å²) in [5.74, 6) is 0.293. The smallest absolute Gasteiger partial charge is 0.232 e. The number of para-hydroxylation sites is 2. The monoisotopic (exact) mass is 366 g/mol. The average molecular weight is 367 g/mol. The molecule has 2 aromatic carbocycles. The maximum Gasteiger partial charge on any atom is 0.232 e. The van der Waals surface area contributed by atoms with E-state index in [-0.39, 0.29) is 12.3 Å². The highest BCUT2D eigenvalue weighted by atomic mass is 35.5. The van der Waals surface area contributed by atoms with Gasteiger partial charge in [0.25, 0.3) is 0 Å². The lowest BCUT2D eigenvalue weighted by molar-refractivity contribution is -0.115. The number of amides is 1. The van der Waals surface area contributed by atoms with E-state index in [1.165, 1.54) is 6.26 Å². The molecule has 0 unspecified atom stereocenters. The van der Waals surface area contributed by atoms with E-state index in [9.17, 15) is 4.79 Å². The van der Waals surface area contributed by atoms with Crippen molar-refractivity contribution < 1.29 is 9.32 Å². The number of nitrogens with zero attached hydrogens (tertiary/aromatic N) is 3. The number of imidazole rings is 1. The van der Waals surface area contributed by atoms with Gasteiger partial charge < -0.3 is 9.09 Å². The van der Waals surface area contributed by atoms with Gasteiger partial charge >= 0.3 is 0 Å². The molecule has 0 fully saturated rings. The highest BCUT2D eigenvalue weighted by molar-refractivity contribution is 6.30. The predicted octanol–water partition coefficient (Wildman–Crippen LogP) is 3.91. The third-order valence-corrected chi connectivity index (χ3v) is 4.24. The lowest BCUT2D eigenvalue weighted by Gasteiger charge is -2.10. The largest absolute Gasteiger partial charge is 0.364 e. The van der Waals surface area contributed by atoms with Gasteiger partial charge in [-0.15, -0.1) is 0 Å². The van der Waals surface area contributed by atoms with Gasteiger partial charge in [0, 0.05) is 11.1 Å². The minimum absolute atomic E-state index is 0.126. The van der Waals surface area contributed by atoms with Crippen molar-refractivity contribution in [3.05, 3.63) is 77.1 Å². The Hall–Kier alpha value is -3.12. The summed E-state index contributed by atoms with van der Waals surface area (Å²) in [5.41, 5.74) is 3.39. The number of anilines is 1. The summed E-state index contributed by atoms with van der Waals surface area (Å²) in [4.78, 5) is 16.9. The highest BCUT2D eigenvalue weighted by Crippen LogP contribution is 2.22. The molecule has 130 valence electrons. The second kappa shape index (κ2) is 7.01. The van der Waals surface area contributed by atoms with Crippen LogP contribution >= 0.6 is 11.6 Å². The molecular weight excluding hydrogens is 352 g/mol. The summed E-state index contributed by atoms with van der Waals surface area (Å²) in [6.07, 6.45) is 1.57. The minimum atomic E-state index is -0.202. The third kappa shape index (κ3) is 3.45. The van der Waals surface area contributed by atoms with E-state index >= 15 is 0 Å². The Kier molecular flexibility index (Phi) is 4.41. The van der Waals surface area contributed by atoms with E-state index in [4.69, 9.17) is 16.1 Å². The summed E-state index contributed by atoms with van der Waals surface area (Å²) in [5, 5.41) is 7.32. The number of benzene rings is 2. The Morgan fingerprint density at radius 1 is 1.12 bits per heavy atom. The van der Waals surface area contributed by atoms with Crippen LogP contribution < -0.4 is 5.32 Å². The maximum atomic E-state index is 12.3. The van der Waals surface area contributed by atoms with E-state index in [1.807, 2.05) is 53.1 Å². The van der Waals surface area contributed by atoms with E-state index in [0.717, 1.165) is 16.6 Å². The molecule has 0 aliphatic carbocycles. The summed E-state index contributed by atoms with van der Waals surface area (Å²) in [7, 11) is 0. The number of halogens is 1. The summed E-state index contributed by atoms with van der Waals surface area (Å²) < 4.78 is 6.74. The van der Waals surface area contributed by atoms with Gasteiger partial charge in [-0.1, -0.05) is 41.0 Å². The number of aromatic nitrogens is 3. The lowest BCUT2D eigenvalue weighted by atomic mass is 10.2. The minimum Gasteiger partial charge on any atom is -0.364 e. The van der Waals surface area contributed by atoms with Gasteiger partial charge in [0.15, 0.2) is 0 Å². The maximum absolute atomic E-state index is 12.3. The number of hydrogen-bond acceptors (Lipinski definition) is 4. The van der Waals surface area contributed by atoms with E-state index < -0.39 is 0 Å². The molecule has 0 saturated carbocycles. The quantitative estimate of drug-likeness (QED) is 0.581. The molecule has 26 heavy (non-hydrogen) atoms. The van der Waals surface area contributed by atoms with Crippen molar-refractivity contribution in [3.8, 4) is 0 Å². The molecule has 1 N–H and O–H groups in total. The first-order valence-corrected chi connectivity index (χ1v) is 8.45. The van der Waals surface area contributed by atoms with Crippen molar-refractivity contribution in [2.45, 2.75) is 13.0 Å². The van der Waals surface area contributed by atoms with E-state index in [2.05, 4.69) is 15.5 Å². The van der Waals surface area contributed by atoms with E-state index in [0.29, 0.717) is 23.2 Å². The van der Waals surface area contributed by atoms with Crippen LogP contribution in [0.2, 0.25) is 5.02 Å². The SMILES string of the molecule is O=C(Cc1ccon1)Nc1nc2ccccc2n1Cc1ccc(Cl)cc1. The molecule has 4 rings (SSSR count). The van der Waals surface area contributed by atoms with Crippen LogP contribution in [0.4, 0.5) is 5.95 Å². The molecule has 0 spiro atoms. The second-order valence-corrected chi connectivity index (χ2v) is 6.29. The third-order valence-electron chi connectivity index (χ3n) is 3.99. The number of fused-ring (bicyclic) bond motifs is 1. The molecule has 0 aliphatic heterocycles. The molecule has 4 aromatic rings. The van der Waals surface area contributed by atoms with Crippen molar-refractivity contribution >= 4 is 34.5 Å². The van der Waals surface area contributed by atoms with Crippen LogP contribution in [-0.2, 0) is 17.8 Å². The van der Waals surface area contributed by atoms with Crippen molar-refractivity contribution in [1.29, 1.82) is 0 Å². The fourth-order valence-corrected chi connectivity index (χ4v) is 2.89. The number of carbonyl (C=O) groups excluding carboxylic acids is 1. The first-order valence-electron chi connectivity index (χ1n) is 8.08. The van der Waals surface area contributed by atoms with Crippen LogP contribution in [0, 0.1) is 0 Å². The van der Waals surface area contributed by atoms with Gasteiger partial charge in [-0.05, 0) is 29.8 Å². The number of nitrogens with one attached hydrogen (secondary N) is 1. The zero-order chi connectivity index (χ0) is 17.9. The fourth-order valence-electron chi connectivity index (χ4n) is 2.77. The summed E-state index contributed by atoms with van der Waals surface area (Å²) in [6.45, 7) is 0.567. The van der Waals surface area contributed by atoms with Crippen LogP contribution in [0.25, 0.3) is 11.0 Å². The van der Waals surface area contributed by atoms with Crippen LogP contribution in [0.3, 0.4) is 0 Å². The van der Waals surface area contributed by atoms with Crippen molar-refractivity contribution in [2.24, 2.45) is 0 Å². The van der Waals surface area contributed by atoms with Gasteiger partial charge in [-0.3, -0.25) is 10.1 Å². The van der Waals surface area contributed by atoms with Gasteiger partial charge in [0.2, 0.25) is 11.9 Å². The van der Waals surface area contributed by atoms with Gasteiger partial charge in [-0.25, -0.2) is 4.98 Å². The molecule has 6 nitrogen and oxygen atoms in total. The second-order valence-electron chi connectivity index (χ2n) is 5.85. The van der Waals surface area contributed by atoms with Crippen LogP contribution in [-0.4, -0.2) is 20.6 Å². The Morgan fingerprint density at radius 3 is 2.69 bits per heavy atom. The first-order chi connectivity index (χ1) is 12.7. The van der Waals surface area contributed by atoms with Crippen LogP contribution in [0.5, 0.6) is 0 Å². The molecule has 0 bridgehead atoms. The van der Waals surface area contributed by atoms with Gasteiger partial charge in [-0.2, -0.15) is 0 Å². The van der Waals surface area contributed by atoms with Crippen molar-refractivity contribution in [2.75, 3.05) is 5.32 Å². The number of rotatable bonds is 5. The fraction of sp³-hybridized carbons (Fsp3) is 0.105. The van der Waals surface area contributed by atoms with E-state index in [1.54, 1.807) is 6.07 Å². The Bertz CT molecular complexity index is 1040. The standard InChI is InChI=1S/C19H15ClN4O2/c20-14-7-5-13(6-8-14)12-24-17-4-2-1-3-16(17)21-19(24)22-18(25)11-15-9-10-26-23-15/h1-10H,11-12H2,(H,21,22,25). The first kappa shape index (κ1) is 16.4.